The Balaban J connectivity index is 1.24. The minimum Gasteiger partial charge on any atom is -0.356 e. The van der Waals surface area contributed by atoms with Crippen molar-refractivity contribution in [2.24, 2.45) is 0 Å². The lowest BCUT2D eigenvalue weighted by Crippen LogP contribution is -2.56. The van der Waals surface area contributed by atoms with Gasteiger partial charge in [0.1, 0.15) is 0 Å². The molecule has 162 valence electrons. The number of nitrogens with zero attached hydrogens (tertiary/aromatic N) is 3. The molecule has 31 heavy (non-hydrogen) atoms. The minimum atomic E-state index is -0.410. The van der Waals surface area contributed by atoms with Gasteiger partial charge in [0.25, 0.3) is 0 Å². The van der Waals surface area contributed by atoms with Crippen LogP contribution in [0.5, 0.6) is 0 Å². The highest BCUT2D eigenvalue weighted by atomic mass is 16.2. The summed E-state index contributed by atoms with van der Waals surface area (Å²) in [4.78, 5) is 27.1. The summed E-state index contributed by atoms with van der Waals surface area (Å²) < 4.78 is 1.96. The summed E-state index contributed by atoms with van der Waals surface area (Å²) >= 11 is 0. The van der Waals surface area contributed by atoms with Gasteiger partial charge in [-0.25, -0.2) is 0 Å². The second kappa shape index (κ2) is 10.2. The molecule has 1 fully saturated rings. The monoisotopic (exact) mass is 419 g/mol. The maximum absolute atomic E-state index is 12.5. The van der Waals surface area contributed by atoms with Crippen molar-refractivity contribution in [3.63, 3.8) is 0 Å². The summed E-state index contributed by atoms with van der Waals surface area (Å²) in [6.07, 6.45) is 3.70. The zero-order valence-electron chi connectivity index (χ0n) is 17.7. The highest BCUT2D eigenvalue weighted by Gasteiger charge is 2.31. The summed E-state index contributed by atoms with van der Waals surface area (Å²) in [5.41, 5.74) is 2.34. The summed E-state index contributed by atoms with van der Waals surface area (Å²) in [6, 6.07) is 17.9. The average molecular weight is 420 g/mol. The predicted octanol–water partition coefficient (Wildman–Crippen LogP) is 1.98. The number of aromatic nitrogens is 2. The lowest BCUT2D eigenvalue weighted by molar-refractivity contribution is -0.133. The topological polar surface area (TPSA) is 79.3 Å². The highest BCUT2D eigenvalue weighted by Crippen LogP contribution is 2.13. The van der Waals surface area contributed by atoms with Crippen molar-refractivity contribution >= 4 is 22.7 Å². The number of fused-ring (bicyclic) bond motifs is 1. The molecule has 1 aliphatic rings. The number of aryl methyl sites for hydroxylation is 1. The van der Waals surface area contributed by atoms with Crippen LogP contribution in [0.15, 0.2) is 60.8 Å². The number of amides is 2. The molecule has 3 aromatic rings. The summed E-state index contributed by atoms with van der Waals surface area (Å²) in [7, 11) is 0. The van der Waals surface area contributed by atoms with Crippen LogP contribution in [0.2, 0.25) is 0 Å². The van der Waals surface area contributed by atoms with Crippen LogP contribution in [0.25, 0.3) is 10.9 Å². The van der Waals surface area contributed by atoms with Crippen molar-refractivity contribution < 1.29 is 9.59 Å². The van der Waals surface area contributed by atoms with Crippen LogP contribution in [0.4, 0.5) is 0 Å². The van der Waals surface area contributed by atoms with E-state index in [0.717, 1.165) is 43.4 Å². The minimum absolute atomic E-state index is 0.0579. The van der Waals surface area contributed by atoms with Crippen LogP contribution >= 0.6 is 0 Å². The Morgan fingerprint density at radius 3 is 2.77 bits per heavy atom. The zero-order valence-corrected chi connectivity index (χ0v) is 17.7. The fraction of sp³-hybridized carbons (Fsp3) is 0.375. The third kappa shape index (κ3) is 5.49. The summed E-state index contributed by atoms with van der Waals surface area (Å²) in [6.45, 7) is 3.46. The normalized spacial score (nSPS) is 16.9. The standard InChI is InChI=1S/C24H29N5O2/c30-23(25-12-6-14-29-21-10-5-4-9-20(21)18-27-29)17-22-24(31)26-13-16-28(22)15-11-19-7-2-1-3-8-19/h1-5,7-10,18,22H,6,11-17H2,(H,25,30)(H,26,31). The fourth-order valence-corrected chi connectivity index (χ4v) is 4.08. The molecule has 1 unspecified atom stereocenters. The molecule has 1 atom stereocenters. The second-order valence-electron chi connectivity index (χ2n) is 7.91. The number of rotatable bonds is 9. The number of nitrogens with one attached hydrogen (secondary N) is 2. The van der Waals surface area contributed by atoms with E-state index in [4.69, 9.17) is 0 Å². The third-order valence-corrected chi connectivity index (χ3v) is 5.77. The van der Waals surface area contributed by atoms with Crippen molar-refractivity contribution in [3.05, 3.63) is 66.4 Å². The first kappa shape index (κ1) is 21.1. The molecule has 7 nitrogen and oxygen atoms in total. The van der Waals surface area contributed by atoms with E-state index in [-0.39, 0.29) is 18.2 Å². The number of benzene rings is 2. The van der Waals surface area contributed by atoms with Crippen LogP contribution in [-0.2, 0) is 22.6 Å². The van der Waals surface area contributed by atoms with Crippen LogP contribution in [0, 0.1) is 0 Å². The molecule has 2 aromatic carbocycles. The Labute approximate surface area is 182 Å². The van der Waals surface area contributed by atoms with Gasteiger partial charge in [0.2, 0.25) is 11.8 Å². The molecule has 7 heteroatoms. The number of carbonyl (C=O) groups excluding carboxylic acids is 2. The van der Waals surface area contributed by atoms with E-state index >= 15 is 0 Å². The summed E-state index contributed by atoms with van der Waals surface area (Å²) in [5, 5.41) is 11.4. The highest BCUT2D eigenvalue weighted by molar-refractivity contribution is 5.88. The van der Waals surface area contributed by atoms with E-state index < -0.39 is 6.04 Å². The quantitative estimate of drug-likeness (QED) is 0.520. The van der Waals surface area contributed by atoms with Crippen molar-refractivity contribution in [1.29, 1.82) is 0 Å². The first-order valence-corrected chi connectivity index (χ1v) is 10.9. The van der Waals surface area contributed by atoms with Gasteiger partial charge < -0.3 is 10.6 Å². The van der Waals surface area contributed by atoms with Gasteiger partial charge in [-0.2, -0.15) is 5.10 Å². The van der Waals surface area contributed by atoms with Crippen molar-refractivity contribution in [2.45, 2.75) is 31.8 Å². The number of hydrogen-bond acceptors (Lipinski definition) is 4. The van der Waals surface area contributed by atoms with E-state index in [9.17, 15) is 9.59 Å². The van der Waals surface area contributed by atoms with Crippen LogP contribution in [0.1, 0.15) is 18.4 Å². The molecule has 1 aromatic heterocycles. The van der Waals surface area contributed by atoms with Crippen LogP contribution in [0.3, 0.4) is 0 Å². The van der Waals surface area contributed by atoms with Crippen molar-refractivity contribution in [3.8, 4) is 0 Å². The van der Waals surface area contributed by atoms with Gasteiger partial charge in [-0.15, -0.1) is 0 Å². The molecule has 1 aliphatic heterocycles. The lowest BCUT2D eigenvalue weighted by Gasteiger charge is -2.34. The predicted molar refractivity (Wildman–Crippen MR) is 120 cm³/mol. The third-order valence-electron chi connectivity index (χ3n) is 5.77. The van der Waals surface area contributed by atoms with E-state index in [2.05, 4.69) is 32.8 Å². The Bertz CT molecular complexity index is 1020. The van der Waals surface area contributed by atoms with Crippen molar-refractivity contribution in [2.75, 3.05) is 26.2 Å². The molecule has 0 bridgehead atoms. The van der Waals surface area contributed by atoms with Gasteiger partial charge in [0.15, 0.2) is 0 Å². The molecule has 0 saturated carbocycles. The molecule has 0 radical (unpaired) electrons. The van der Waals surface area contributed by atoms with Gasteiger partial charge in [0, 0.05) is 38.1 Å². The molecule has 0 spiro atoms. The lowest BCUT2D eigenvalue weighted by atomic mass is 10.1. The van der Waals surface area contributed by atoms with Gasteiger partial charge in [-0.3, -0.25) is 19.2 Å². The second-order valence-corrected chi connectivity index (χ2v) is 7.91. The zero-order chi connectivity index (χ0) is 21.5. The molecule has 1 saturated heterocycles. The van der Waals surface area contributed by atoms with E-state index in [1.54, 1.807) is 0 Å². The van der Waals surface area contributed by atoms with Crippen LogP contribution in [-0.4, -0.2) is 58.7 Å². The van der Waals surface area contributed by atoms with E-state index in [1.165, 1.54) is 5.56 Å². The molecular formula is C24H29N5O2. The molecule has 4 rings (SSSR count). The molecule has 2 heterocycles. The SMILES string of the molecule is O=C(CC1C(=O)NCCN1CCc1ccccc1)NCCCn1ncc2ccccc21. The fourth-order valence-electron chi connectivity index (χ4n) is 4.08. The molecular weight excluding hydrogens is 390 g/mol. The Morgan fingerprint density at radius 2 is 1.90 bits per heavy atom. The van der Waals surface area contributed by atoms with Gasteiger partial charge in [0.05, 0.1) is 24.2 Å². The number of para-hydroxylation sites is 1. The Kier molecular flexibility index (Phi) is 6.94. The molecule has 2 amide bonds. The molecule has 2 N–H and O–H groups in total. The van der Waals surface area contributed by atoms with Crippen LogP contribution < -0.4 is 10.6 Å². The maximum atomic E-state index is 12.5. The largest absolute Gasteiger partial charge is 0.356 e. The number of carbonyl (C=O) groups is 2. The van der Waals surface area contributed by atoms with Gasteiger partial charge in [-0.05, 0) is 24.5 Å². The van der Waals surface area contributed by atoms with Gasteiger partial charge in [-0.1, -0.05) is 48.5 Å². The Hall–Kier alpha value is -3.19. The first-order valence-electron chi connectivity index (χ1n) is 10.9. The van der Waals surface area contributed by atoms with Gasteiger partial charge >= 0.3 is 0 Å². The van der Waals surface area contributed by atoms with E-state index in [0.29, 0.717) is 13.1 Å². The first-order chi connectivity index (χ1) is 15.2. The Morgan fingerprint density at radius 1 is 1.10 bits per heavy atom. The summed E-state index contributed by atoms with van der Waals surface area (Å²) in [5.74, 6) is -0.144. The average Bonchev–Trinajstić information content (AvgIpc) is 3.21. The van der Waals surface area contributed by atoms with Crippen molar-refractivity contribution in [1.82, 2.24) is 25.3 Å². The number of hydrogen-bond donors (Lipinski definition) is 2. The molecule has 0 aliphatic carbocycles. The van der Waals surface area contributed by atoms with E-state index in [1.807, 2.05) is 53.3 Å². The maximum Gasteiger partial charge on any atom is 0.237 e. The number of piperazine rings is 1. The smallest absolute Gasteiger partial charge is 0.237 e.